The normalized spacial score (nSPS) is 16.3. The molecule has 0 radical (unpaired) electrons. The van der Waals surface area contributed by atoms with Gasteiger partial charge in [0.25, 0.3) is 5.56 Å². The van der Waals surface area contributed by atoms with Crippen molar-refractivity contribution >= 4 is 34.1 Å². The van der Waals surface area contributed by atoms with Crippen LogP contribution in [0.5, 0.6) is 0 Å². The van der Waals surface area contributed by atoms with Crippen molar-refractivity contribution in [3.63, 3.8) is 0 Å². The number of pyridine rings is 1. The first-order valence-electron chi connectivity index (χ1n) is 18.1. The number of halogens is 2. The Balaban J connectivity index is 1.08. The highest BCUT2D eigenvalue weighted by molar-refractivity contribution is 5.95. The fourth-order valence-corrected chi connectivity index (χ4v) is 6.83. The van der Waals surface area contributed by atoms with Crippen LogP contribution in [0, 0.1) is 25.5 Å². The SMILES string of the molecule is Cc1ccc(Nc2cc(=O)n(CCCCN3CCN(c4c(F)cc5c(=O)c(C(=O)OCCOCCO)cn(C6CC6)c5c4F)C[C@H]3C)c(=O)[nH]2)cc1C. The molecule has 1 aliphatic carbocycles. The Bertz CT molecular complexity index is 2130. The van der Waals surface area contributed by atoms with Gasteiger partial charge in [0.1, 0.15) is 29.5 Å². The van der Waals surface area contributed by atoms with Gasteiger partial charge in [-0.15, -0.1) is 0 Å². The molecule has 1 atom stereocenters. The number of aromatic nitrogens is 3. The second-order valence-electron chi connectivity index (χ2n) is 13.8. The van der Waals surface area contributed by atoms with Crippen molar-refractivity contribution in [2.24, 2.45) is 0 Å². The number of nitrogens with zero attached hydrogens (tertiary/aromatic N) is 4. The van der Waals surface area contributed by atoms with Gasteiger partial charge in [-0.05, 0) is 82.3 Å². The average molecular weight is 737 g/mol. The van der Waals surface area contributed by atoms with Crippen LogP contribution >= 0.6 is 0 Å². The van der Waals surface area contributed by atoms with Gasteiger partial charge in [0.15, 0.2) is 5.82 Å². The number of benzene rings is 2. The zero-order valence-corrected chi connectivity index (χ0v) is 30.3. The Hall–Kier alpha value is -4.86. The third-order valence-corrected chi connectivity index (χ3v) is 10.0. The molecule has 4 aromatic rings. The van der Waals surface area contributed by atoms with Gasteiger partial charge in [0.05, 0.1) is 30.7 Å². The number of unbranched alkanes of at least 4 members (excludes halogenated alkanes) is 1. The summed E-state index contributed by atoms with van der Waals surface area (Å²) in [4.78, 5) is 58.3. The van der Waals surface area contributed by atoms with E-state index in [0.29, 0.717) is 44.8 Å². The minimum absolute atomic E-state index is 0.0273. The third kappa shape index (κ3) is 8.53. The number of aliphatic hydroxyl groups is 1. The Kier molecular flexibility index (Phi) is 11.7. The molecule has 1 saturated carbocycles. The molecular formula is C38H46F2N6O7. The molecule has 284 valence electrons. The molecule has 1 saturated heterocycles. The predicted octanol–water partition coefficient (Wildman–Crippen LogP) is 3.98. The maximum absolute atomic E-state index is 16.4. The highest BCUT2D eigenvalue weighted by atomic mass is 19.1. The summed E-state index contributed by atoms with van der Waals surface area (Å²) in [6, 6.07) is 7.98. The van der Waals surface area contributed by atoms with E-state index in [4.69, 9.17) is 14.6 Å². The van der Waals surface area contributed by atoms with E-state index >= 15 is 8.78 Å². The molecule has 2 aliphatic rings. The number of H-pyrrole nitrogens is 1. The molecule has 53 heavy (non-hydrogen) atoms. The number of esters is 1. The topological polar surface area (TPSA) is 151 Å². The summed E-state index contributed by atoms with van der Waals surface area (Å²) in [5.41, 5.74) is 0.749. The first-order valence-corrected chi connectivity index (χ1v) is 18.1. The Labute approximate surface area is 304 Å². The first-order chi connectivity index (χ1) is 25.5. The summed E-state index contributed by atoms with van der Waals surface area (Å²) in [5, 5.41) is 11.7. The Morgan fingerprint density at radius 2 is 1.77 bits per heavy atom. The summed E-state index contributed by atoms with van der Waals surface area (Å²) in [6.07, 6.45) is 4.04. The number of piperazine rings is 1. The molecule has 1 aliphatic heterocycles. The lowest BCUT2D eigenvalue weighted by Crippen LogP contribution is -2.52. The van der Waals surface area contributed by atoms with E-state index in [1.807, 2.05) is 39.0 Å². The van der Waals surface area contributed by atoms with Gasteiger partial charge in [-0.1, -0.05) is 6.07 Å². The molecule has 3 heterocycles. The number of hydrogen-bond acceptors (Lipinski definition) is 10. The van der Waals surface area contributed by atoms with Crippen LogP contribution in [0.3, 0.4) is 0 Å². The maximum atomic E-state index is 16.4. The van der Waals surface area contributed by atoms with Gasteiger partial charge < -0.3 is 29.4 Å². The molecule has 3 N–H and O–H groups in total. The average Bonchev–Trinajstić information content (AvgIpc) is 3.96. The number of anilines is 3. The van der Waals surface area contributed by atoms with Gasteiger partial charge in [-0.3, -0.25) is 24.0 Å². The van der Waals surface area contributed by atoms with Crippen LogP contribution in [0.25, 0.3) is 10.9 Å². The zero-order chi connectivity index (χ0) is 37.8. The second-order valence-corrected chi connectivity index (χ2v) is 13.8. The van der Waals surface area contributed by atoms with Crippen molar-refractivity contribution in [1.82, 2.24) is 19.0 Å². The van der Waals surface area contributed by atoms with Gasteiger partial charge in [0, 0.05) is 56.2 Å². The number of ether oxygens (including phenoxy) is 2. The van der Waals surface area contributed by atoms with Gasteiger partial charge >= 0.3 is 11.7 Å². The van der Waals surface area contributed by atoms with Crippen molar-refractivity contribution in [1.29, 1.82) is 0 Å². The molecule has 13 nitrogen and oxygen atoms in total. The standard InChI is InChI=1S/C38H46F2N6O7/c1-23-6-7-26(18-24(23)2)41-31-20-32(48)45(38(51)42-31)11-5-4-10-43-12-13-44(21-25(43)3)35-30(39)19-28-34(33(35)40)46(27-8-9-27)22-29(36(28)49)37(50)53-17-16-52-15-14-47/h6-7,18-20,22,25,27,41,47H,4-5,8-17,21H2,1-3H3,(H,42,51)/t25-/m1/s1. The molecule has 15 heteroatoms. The summed E-state index contributed by atoms with van der Waals surface area (Å²) >= 11 is 0. The lowest BCUT2D eigenvalue weighted by atomic mass is 10.1. The van der Waals surface area contributed by atoms with E-state index in [2.05, 4.69) is 15.2 Å². The number of rotatable bonds is 15. The molecule has 0 amide bonds. The molecule has 0 spiro atoms. The van der Waals surface area contributed by atoms with Crippen molar-refractivity contribution in [3.05, 3.63) is 95.9 Å². The van der Waals surface area contributed by atoms with Crippen LogP contribution in [0.1, 0.15) is 60.1 Å². The van der Waals surface area contributed by atoms with E-state index in [1.165, 1.54) is 16.8 Å². The van der Waals surface area contributed by atoms with Crippen LogP contribution < -0.4 is 26.9 Å². The zero-order valence-electron chi connectivity index (χ0n) is 30.3. The number of carbonyl (C=O) groups is 1. The Morgan fingerprint density at radius 3 is 2.47 bits per heavy atom. The van der Waals surface area contributed by atoms with Gasteiger partial charge in [0.2, 0.25) is 5.43 Å². The van der Waals surface area contributed by atoms with E-state index in [1.54, 1.807) is 9.47 Å². The number of aliphatic hydroxyl groups excluding tert-OH is 1. The molecule has 2 aromatic carbocycles. The molecule has 2 fully saturated rings. The molecule has 6 rings (SSSR count). The molecule has 0 unspecified atom stereocenters. The summed E-state index contributed by atoms with van der Waals surface area (Å²) in [5.74, 6) is -2.31. The van der Waals surface area contributed by atoms with Crippen molar-refractivity contribution in [2.75, 3.05) is 62.8 Å². The van der Waals surface area contributed by atoms with Gasteiger partial charge in [-0.2, -0.15) is 0 Å². The first kappa shape index (κ1) is 37.9. The number of fused-ring (bicyclic) bond motifs is 1. The van der Waals surface area contributed by atoms with Crippen LogP contribution in [0.15, 0.2) is 50.9 Å². The lowest BCUT2D eigenvalue weighted by Gasteiger charge is -2.41. The van der Waals surface area contributed by atoms with Crippen LogP contribution in [-0.4, -0.2) is 88.7 Å². The maximum Gasteiger partial charge on any atom is 0.343 e. The number of aromatic amines is 1. The van der Waals surface area contributed by atoms with E-state index in [0.717, 1.165) is 35.7 Å². The van der Waals surface area contributed by atoms with Crippen LogP contribution in [0.2, 0.25) is 0 Å². The van der Waals surface area contributed by atoms with Crippen molar-refractivity contribution in [3.8, 4) is 0 Å². The smallest absolute Gasteiger partial charge is 0.343 e. The van der Waals surface area contributed by atoms with E-state index < -0.39 is 34.3 Å². The number of carbonyl (C=O) groups excluding carboxylic acids is 1. The van der Waals surface area contributed by atoms with Crippen LogP contribution in [-0.2, 0) is 16.0 Å². The summed E-state index contributed by atoms with van der Waals surface area (Å²) in [6.45, 7) is 7.88. The Morgan fingerprint density at radius 1 is 1.00 bits per heavy atom. The highest BCUT2D eigenvalue weighted by Crippen LogP contribution is 2.40. The van der Waals surface area contributed by atoms with E-state index in [9.17, 15) is 19.2 Å². The van der Waals surface area contributed by atoms with Crippen molar-refractivity contribution in [2.45, 2.75) is 65.1 Å². The summed E-state index contributed by atoms with van der Waals surface area (Å²) < 4.78 is 45.1. The summed E-state index contributed by atoms with van der Waals surface area (Å²) in [7, 11) is 0. The monoisotopic (exact) mass is 736 g/mol. The third-order valence-electron chi connectivity index (χ3n) is 10.0. The minimum atomic E-state index is -0.910. The van der Waals surface area contributed by atoms with Crippen LogP contribution in [0.4, 0.5) is 26.0 Å². The molecular weight excluding hydrogens is 690 g/mol. The lowest BCUT2D eigenvalue weighted by molar-refractivity contribution is 0.0256. The number of aryl methyl sites for hydroxylation is 2. The molecule has 2 aromatic heterocycles. The second kappa shape index (κ2) is 16.4. The quantitative estimate of drug-likeness (QED) is 0.121. The highest BCUT2D eigenvalue weighted by Gasteiger charge is 2.33. The predicted molar refractivity (Wildman–Crippen MR) is 198 cm³/mol. The fraction of sp³-hybridized carbons (Fsp3) is 0.474. The van der Waals surface area contributed by atoms with Gasteiger partial charge in [-0.25, -0.2) is 18.4 Å². The largest absolute Gasteiger partial charge is 0.459 e. The minimum Gasteiger partial charge on any atom is -0.459 e. The number of nitrogens with one attached hydrogen (secondary N) is 2. The van der Waals surface area contributed by atoms with Crippen molar-refractivity contribution < 1.29 is 28.2 Å². The number of hydrogen-bond donors (Lipinski definition) is 3. The fourth-order valence-electron chi connectivity index (χ4n) is 6.83. The molecule has 0 bridgehead atoms. The van der Waals surface area contributed by atoms with E-state index in [-0.39, 0.29) is 67.2 Å².